The average Bonchev–Trinajstić information content (AvgIpc) is 0. The van der Waals surface area contributed by atoms with E-state index < -0.39 is 0 Å². The van der Waals surface area contributed by atoms with Crippen molar-refractivity contribution in [3.63, 3.8) is 0 Å². The van der Waals surface area contributed by atoms with Gasteiger partial charge in [-0.2, -0.15) is 9.90 Å². The molecule has 0 aromatic carbocycles. The summed E-state index contributed by atoms with van der Waals surface area (Å²) in [7, 11) is 0. The molecule has 1 radical (unpaired) electrons. The summed E-state index contributed by atoms with van der Waals surface area (Å²) in [4.78, 5) is 0. The van der Waals surface area contributed by atoms with Crippen molar-refractivity contribution in [2.45, 2.75) is 0 Å². The first kappa shape index (κ1) is 28.2. The van der Waals surface area contributed by atoms with Crippen LogP contribution in [0, 0.1) is 35.6 Å². The van der Waals surface area contributed by atoms with E-state index in [1.165, 1.54) is 0 Å². The van der Waals surface area contributed by atoms with Crippen molar-refractivity contribution in [2.75, 3.05) is 0 Å². The first-order valence-corrected chi connectivity index (χ1v) is 0. The molecule has 4 heteroatoms. The minimum atomic E-state index is 0. The van der Waals surface area contributed by atoms with Crippen molar-refractivity contribution in [3.8, 4) is 0 Å². The van der Waals surface area contributed by atoms with E-state index in [1.54, 1.807) is 0 Å². The van der Waals surface area contributed by atoms with Crippen LogP contribution in [0.1, 0.15) is 0 Å². The Balaban J connectivity index is 0. The maximum absolute atomic E-state index is 0. The number of rotatable bonds is 0. The molecule has 0 aliphatic rings. The standard InChI is InChI=1S/Fe.La.H3P.Sb.3H/h;;1H3;;;;. The summed E-state index contributed by atoms with van der Waals surface area (Å²) in [6.45, 7) is 0. The van der Waals surface area contributed by atoms with Gasteiger partial charge in [-0.05, 0) is 0 Å². The van der Waals surface area contributed by atoms with Gasteiger partial charge in [-0.3, -0.25) is 0 Å². The van der Waals surface area contributed by atoms with E-state index in [1.807, 2.05) is 0 Å². The fraction of sp³-hybridized carbons (Fsp3) is 0. The molecule has 0 spiro atoms. The molecule has 1 unspecified atom stereocenters. The van der Waals surface area contributed by atoms with Crippen LogP contribution in [0.2, 0.25) is 0 Å². The molecule has 0 aliphatic carbocycles. The van der Waals surface area contributed by atoms with Crippen LogP contribution in [-0.4, -0.2) is 24.4 Å². The summed E-state index contributed by atoms with van der Waals surface area (Å²) < 4.78 is 0. The number of hydrogen-bond donors (Lipinski definition) is 0. The molecule has 0 saturated carbocycles. The Labute approximate surface area is 85.4 Å². The van der Waals surface area contributed by atoms with Gasteiger partial charge in [0.05, 0.1) is 0 Å². The van der Waals surface area contributed by atoms with Crippen LogP contribution in [0.25, 0.3) is 0 Å². The van der Waals surface area contributed by atoms with Crippen molar-refractivity contribution in [3.05, 3.63) is 0 Å². The van der Waals surface area contributed by atoms with Gasteiger partial charge in [-0.25, -0.2) is 0 Å². The van der Waals surface area contributed by atoms with E-state index in [-0.39, 0.29) is 87.0 Å². The zero-order valence-corrected chi connectivity index (χ0v) is 12.5. The second-order valence-corrected chi connectivity index (χ2v) is 0. The summed E-state index contributed by atoms with van der Waals surface area (Å²) in [5, 5.41) is 0. The van der Waals surface area contributed by atoms with Gasteiger partial charge in [0.2, 0.25) is 0 Å². The second kappa shape index (κ2) is 16.7. The fourth-order valence-corrected chi connectivity index (χ4v) is 0. The monoisotopic (exact) mass is 353 g/mol. The molecule has 4 heavy (non-hydrogen) atoms. The van der Waals surface area contributed by atoms with Crippen LogP contribution < -0.4 is 0 Å². The molecule has 1 atom stereocenters. The topological polar surface area (TPSA) is 0 Å². The number of hydrogen-bond acceptors (Lipinski definition) is 0. The Morgan fingerprint density at radius 1 is 1.00 bits per heavy atom. The van der Waals surface area contributed by atoms with Gasteiger partial charge in [0.1, 0.15) is 0 Å². The zero-order valence-electron chi connectivity index (χ0n) is 2.35. The molecule has 0 saturated heterocycles. The Morgan fingerprint density at radius 2 is 1.00 bits per heavy atom. The van der Waals surface area contributed by atoms with Crippen LogP contribution in [0.4, 0.5) is 0 Å². The SMILES string of the molecule is P.[Fe].[La].[SbH3]. The van der Waals surface area contributed by atoms with E-state index in [0.717, 1.165) is 0 Å². The van der Waals surface area contributed by atoms with E-state index in [0.29, 0.717) is 0 Å². The van der Waals surface area contributed by atoms with Gasteiger partial charge >= 0.3 is 24.4 Å². The van der Waals surface area contributed by atoms with Gasteiger partial charge < -0.3 is 0 Å². The predicted molar refractivity (Wildman–Crippen MR) is 21.0 cm³/mol. The molecular formula is H6FeLaPSb. The first-order chi connectivity index (χ1) is 0. The van der Waals surface area contributed by atoms with Gasteiger partial charge in [0.15, 0.2) is 0 Å². The third-order valence-electron chi connectivity index (χ3n) is 0. The molecule has 0 amide bonds. The van der Waals surface area contributed by atoms with Crippen LogP contribution in [-0.2, 0) is 17.1 Å². The molecule has 0 heterocycles. The van der Waals surface area contributed by atoms with Gasteiger partial charge in [-0.15, -0.1) is 0 Å². The maximum atomic E-state index is 0. The van der Waals surface area contributed by atoms with Crippen molar-refractivity contribution in [2.24, 2.45) is 0 Å². The van der Waals surface area contributed by atoms with Crippen molar-refractivity contribution in [1.82, 2.24) is 0 Å². The summed E-state index contributed by atoms with van der Waals surface area (Å²) in [5.74, 6) is 0. The predicted octanol–water partition coefficient (Wildman–Crippen LogP) is -1.13. The molecular weight excluding hydrogens is 347 g/mol. The summed E-state index contributed by atoms with van der Waals surface area (Å²) in [6.07, 6.45) is 0. The van der Waals surface area contributed by atoms with E-state index in [2.05, 4.69) is 0 Å². The second-order valence-electron chi connectivity index (χ2n) is 0. The Kier molecular flexibility index (Phi) is 118. The third-order valence-corrected chi connectivity index (χ3v) is 0. The van der Waals surface area contributed by atoms with Crippen LogP contribution in [0.5, 0.6) is 0 Å². The quantitative estimate of drug-likeness (QED) is 0.382. The molecule has 0 nitrogen and oxygen atoms in total. The Bertz CT molecular complexity index is 8.00. The molecule has 27 valence electrons. The van der Waals surface area contributed by atoms with Crippen LogP contribution in [0.3, 0.4) is 0 Å². The fourth-order valence-electron chi connectivity index (χ4n) is 0. The van der Waals surface area contributed by atoms with Gasteiger partial charge in [-0.1, -0.05) is 0 Å². The minimum absolute atomic E-state index is 0. The summed E-state index contributed by atoms with van der Waals surface area (Å²) >= 11 is 0. The van der Waals surface area contributed by atoms with Crippen molar-refractivity contribution in [1.29, 1.82) is 0 Å². The van der Waals surface area contributed by atoms with Crippen LogP contribution in [0.15, 0.2) is 0 Å². The Morgan fingerprint density at radius 3 is 1.00 bits per heavy atom. The van der Waals surface area contributed by atoms with Crippen molar-refractivity contribution < 1.29 is 52.7 Å². The molecule has 0 bridgehead atoms. The molecule has 0 N–H and O–H groups in total. The summed E-state index contributed by atoms with van der Waals surface area (Å²) in [6, 6.07) is 0. The molecule has 0 aromatic heterocycles. The molecule has 0 aromatic rings. The summed E-state index contributed by atoms with van der Waals surface area (Å²) in [5.41, 5.74) is 0. The van der Waals surface area contributed by atoms with E-state index in [9.17, 15) is 0 Å². The van der Waals surface area contributed by atoms with Gasteiger partial charge in [0, 0.05) is 52.7 Å². The third kappa shape index (κ3) is 8.88. The first-order valence-electron chi connectivity index (χ1n) is 0. The Hall–Kier alpha value is 2.96. The van der Waals surface area contributed by atoms with Gasteiger partial charge in [0.25, 0.3) is 0 Å². The molecule has 0 rings (SSSR count). The normalized spacial score (nSPS) is 0. The molecule has 0 fully saturated rings. The van der Waals surface area contributed by atoms with E-state index in [4.69, 9.17) is 0 Å². The van der Waals surface area contributed by atoms with Crippen molar-refractivity contribution >= 4 is 34.3 Å². The zero-order chi connectivity index (χ0) is 0. The van der Waals surface area contributed by atoms with Crippen LogP contribution >= 0.6 is 9.90 Å². The molecule has 0 aliphatic heterocycles. The average molecular weight is 354 g/mol. The van der Waals surface area contributed by atoms with E-state index >= 15 is 0 Å².